The molecule has 0 atom stereocenters. The number of nitrogens with zero attached hydrogens (tertiary/aromatic N) is 2. The molecule has 0 aromatic carbocycles. The van der Waals surface area contributed by atoms with E-state index >= 15 is 0 Å². The number of aliphatic imine (C=N–C) groups is 1. The van der Waals surface area contributed by atoms with E-state index in [0.29, 0.717) is 6.54 Å². The van der Waals surface area contributed by atoms with Gasteiger partial charge in [-0.25, -0.2) is 0 Å². The van der Waals surface area contributed by atoms with Crippen LogP contribution in [-0.2, 0) is 0 Å². The molecule has 1 rings (SSSR count). The Balaban J connectivity index is 1.82. The first kappa shape index (κ1) is 22.2. The molecular formula is C22H42N2O. The second-order valence-electron chi connectivity index (χ2n) is 7.38. The molecule has 0 radical (unpaired) electrons. The summed E-state index contributed by atoms with van der Waals surface area (Å²) >= 11 is 0. The standard InChI is InChI=1S/C22H42N2O/c1-2-3-4-5-6-7-8-9-10-11-12-13-14-15-16-17-22-23-18-19-24(22)20-21-25/h16-17,25H,2-15,18-21H2,1H3. The predicted molar refractivity (Wildman–Crippen MR) is 110 cm³/mol. The van der Waals surface area contributed by atoms with Gasteiger partial charge in [0.1, 0.15) is 5.84 Å². The molecule has 0 spiro atoms. The van der Waals surface area contributed by atoms with Crippen molar-refractivity contribution < 1.29 is 5.11 Å². The van der Waals surface area contributed by atoms with Crippen molar-refractivity contribution in [2.24, 2.45) is 4.99 Å². The third-order valence-corrected chi connectivity index (χ3v) is 5.08. The van der Waals surface area contributed by atoms with Gasteiger partial charge in [-0.3, -0.25) is 4.99 Å². The van der Waals surface area contributed by atoms with E-state index < -0.39 is 0 Å². The number of β-amino-alcohol motifs (C(OH)–C–C–N with tert-alkyl or cyclic N) is 1. The van der Waals surface area contributed by atoms with Gasteiger partial charge in [0.2, 0.25) is 0 Å². The molecule has 1 aliphatic rings. The van der Waals surface area contributed by atoms with E-state index in [1.165, 1.54) is 83.5 Å². The number of aliphatic hydroxyl groups excluding tert-OH is 1. The third-order valence-electron chi connectivity index (χ3n) is 5.08. The molecule has 0 saturated carbocycles. The van der Waals surface area contributed by atoms with Crippen LogP contribution in [0.25, 0.3) is 0 Å². The molecule has 0 bridgehead atoms. The van der Waals surface area contributed by atoms with Crippen molar-refractivity contribution in [3.63, 3.8) is 0 Å². The van der Waals surface area contributed by atoms with E-state index in [-0.39, 0.29) is 6.61 Å². The molecule has 1 aliphatic heterocycles. The average Bonchev–Trinajstić information content (AvgIpc) is 3.06. The van der Waals surface area contributed by atoms with Gasteiger partial charge in [-0.15, -0.1) is 0 Å². The predicted octanol–water partition coefficient (Wildman–Crippen LogP) is 5.73. The van der Waals surface area contributed by atoms with Gasteiger partial charge in [-0.2, -0.15) is 0 Å². The number of allylic oxidation sites excluding steroid dienone is 1. The SMILES string of the molecule is CCCCCCCCCCCCCCCC=CC1=NCCN1CCO. The summed E-state index contributed by atoms with van der Waals surface area (Å²) in [4.78, 5) is 6.65. The van der Waals surface area contributed by atoms with E-state index in [0.717, 1.165) is 25.3 Å². The van der Waals surface area contributed by atoms with E-state index in [1.54, 1.807) is 0 Å². The summed E-state index contributed by atoms with van der Waals surface area (Å²) < 4.78 is 0. The highest BCUT2D eigenvalue weighted by atomic mass is 16.3. The summed E-state index contributed by atoms with van der Waals surface area (Å²) in [6, 6.07) is 0. The molecule has 146 valence electrons. The normalized spacial score (nSPS) is 14.6. The Morgan fingerprint density at radius 3 is 2.00 bits per heavy atom. The minimum atomic E-state index is 0.214. The number of aliphatic hydroxyl groups is 1. The van der Waals surface area contributed by atoms with E-state index in [1.807, 2.05) is 0 Å². The lowest BCUT2D eigenvalue weighted by Crippen LogP contribution is -2.29. The van der Waals surface area contributed by atoms with Crippen molar-refractivity contribution >= 4 is 5.84 Å². The smallest absolute Gasteiger partial charge is 0.123 e. The second kappa shape index (κ2) is 16.6. The Morgan fingerprint density at radius 1 is 0.880 bits per heavy atom. The molecule has 0 amide bonds. The van der Waals surface area contributed by atoms with E-state index in [4.69, 9.17) is 5.11 Å². The van der Waals surface area contributed by atoms with Crippen LogP contribution in [0, 0.1) is 0 Å². The Labute approximate surface area is 156 Å². The average molecular weight is 351 g/mol. The molecule has 0 aliphatic carbocycles. The van der Waals surface area contributed by atoms with Crippen LogP contribution in [0.15, 0.2) is 17.1 Å². The lowest BCUT2D eigenvalue weighted by molar-refractivity contribution is 0.257. The molecule has 1 N–H and O–H groups in total. The fourth-order valence-corrected chi connectivity index (χ4v) is 3.47. The maximum absolute atomic E-state index is 9.03. The molecular weight excluding hydrogens is 308 g/mol. The molecule has 0 aromatic heterocycles. The Kier molecular flexibility index (Phi) is 14.8. The van der Waals surface area contributed by atoms with Crippen molar-refractivity contribution in [3.8, 4) is 0 Å². The van der Waals surface area contributed by atoms with Crippen LogP contribution in [0.4, 0.5) is 0 Å². The van der Waals surface area contributed by atoms with Gasteiger partial charge in [-0.1, -0.05) is 90.0 Å². The number of hydrogen-bond acceptors (Lipinski definition) is 3. The van der Waals surface area contributed by atoms with Gasteiger partial charge < -0.3 is 10.0 Å². The molecule has 1 heterocycles. The zero-order valence-electron chi connectivity index (χ0n) is 16.7. The molecule has 0 fully saturated rings. The zero-order chi connectivity index (χ0) is 18.0. The van der Waals surface area contributed by atoms with Crippen LogP contribution in [0.1, 0.15) is 96.8 Å². The minimum Gasteiger partial charge on any atom is -0.395 e. The van der Waals surface area contributed by atoms with Gasteiger partial charge in [-0.05, 0) is 18.9 Å². The number of amidine groups is 1. The molecule has 0 saturated heterocycles. The third kappa shape index (κ3) is 12.2. The van der Waals surface area contributed by atoms with Crippen LogP contribution in [0.2, 0.25) is 0 Å². The van der Waals surface area contributed by atoms with Gasteiger partial charge in [0.15, 0.2) is 0 Å². The van der Waals surface area contributed by atoms with E-state index in [2.05, 4.69) is 29.0 Å². The quantitative estimate of drug-likeness (QED) is 0.340. The topological polar surface area (TPSA) is 35.8 Å². The lowest BCUT2D eigenvalue weighted by Gasteiger charge is -2.16. The number of hydrogen-bond donors (Lipinski definition) is 1. The minimum absolute atomic E-state index is 0.214. The fourth-order valence-electron chi connectivity index (χ4n) is 3.47. The first-order chi connectivity index (χ1) is 12.4. The number of rotatable bonds is 17. The number of unbranched alkanes of at least 4 members (excludes halogenated alkanes) is 13. The summed E-state index contributed by atoms with van der Waals surface area (Å²) in [5.41, 5.74) is 0. The largest absolute Gasteiger partial charge is 0.395 e. The molecule has 3 heteroatoms. The van der Waals surface area contributed by atoms with Gasteiger partial charge in [0, 0.05) is 13.1 Å². The molecule has 0 aromatic rings. The summed E-state index contributed by atoms with van der Waals surface area (Å²) in [5.74, 6) is 1.06. The van der Waals surface area contributed by atoms with Crippen molar-refractivity contribution in [2.45, 2.75) is 96.8 Å². The Hall–Kier alpha value is -0.830. The van der Waals surface area contributed by atoms with Crippen molar-refractivity contribution in [1.29, 1.82) is 0 Å². The molecule has 0 unspecified atom stereocenters. The van der Waals surface area contributed by atoms with Crippen LogP contribution in [0.5, 0.6) is 0 Å². The van der Waals surface area contributed by atoms with Crippen LogP contribution in [0.3, 0.4) is 0 Å². The maximum atomic E-state index is 9.03. The summed E-state index contributed by atoms with van der Waals surface area (Å²) in [7, 11) is 0. The Morgan fingerprint density at radius 2 is 1.44 bits per heavy atom. The lowest BCUT2D eigenvalue weighted by atomic mass is 10.0. The van der Waals surface area contributed by atoms with Crippen molar-refractivity contribution in [3.05, 3.63) is 12.2 Å². The van der Waals surface area contributed by atoms with E-state index in [9.17, 15) is 0 Å². The first-order valence-electron chi connectivity index (χ1n) is 10.9. The summed E-state index contributed by atoms with van der Waals surface area (Å²) in [6.07, 6.45) is 23.9. The van der Waals surface area contributed by atoms with Crippen molar-refractivity contribution in [1.82, 2.24) is 4.90 Å². The highest BCUT2D eigenvalue weighted by Crippen LogP contribution is 2.13. The molecule has 3 nitrogen and oxygen atoms in total. The second-order valence-corrected chi connectivity index (χ2v) is 7.38. The monoisotopic (exact) mass is 350 g/mol. The van der Waals surface area contributed by atoms with Crippen molar-refractivity contribution in [2.75, 3.05) is 26.2 Å². The summed E-state index contributed by atoms with van der Waals surface area (Å²) in [5, 5.41) is 9.03. The van der Waals surface area contributed by atoms with Crippen LogP contribution < -0.4 is 0 Å². The van der Waals surface area contributed by atoms with Gasteiger partial charge in [0.25, 0.3) is 0 Å². The highest BCUT2D eigenvalue weighted by molar-refractivity contribution is 5.94. The molecule has 25 heavy (non-hydrogen) atoms. The van der Waals surface area contributed by atoms with Gasteiger partial charge >= 0.3 is 0 Å². The summed E-state index contributed by atoms with van der Waals surface area (Å²) in [6.45, 7) is 5.04. The first-order valence-corrected chi connectivity index (χ1v) is 10.9. The Bertz CT molecular complexity index is 352. The van der Waals surface area contributed by atoms with Gasteiger partial charge in [0.05, 0.1) is 13.2 Å². The van der Waals surface area contributed by atoms with Crippen LogP contribution in [-0.4, -0.2) is 42.1 Å². The zero-order valence-corrected chi connectivity index (χ0v) is 16.7. The fraction of sp³-hybridized carbons (Fsp3) is 0.864. The maximum Gasteiger partial charge on any atom is 0.123 e. The van der Waals surface area contributed by atoms with Crippen LogP contribution >= 0.6 is 0 Å². The highest BCUT2D eigenvalue weighted by Gasteiger charge is 2.12.